The van der Waals surface area contributed by atoms with Gasteiger partial charge in [0, 0.05) is 23.3 Å². The number of aromatic nitrogens is 1. The first-order valence-electron chi connectivity index (χ1n) is 7.73. The molecule has 0 radical (unpaired) electrons. The van der Waals surface area contributed by atoms with Crippen LogP contribution in [0.5, 0.6) is 0 Å². The zero-order valence-corrected chi connectivity index (χ0v) is 13.3. The van der Waals surface area contributed by atoms with Crippen LogP contribution in [-0.4, -0.2) is 12.0 Å². The Morgan fingerprint density at radius 1 is 1.16 bits per heavy atom. The van der Waals surface area contributed by atoms with Crippen molar-refractivity contribution in [3.8, 4) is 0 Å². The van der Waals surface area contributed by atoms with Crippen molar-refractivity contribution in [3.63, 3.8) is 0 Å². The molecule has 1 aromatic rings. The lowest BCUT2D eigenvalue weighted by Gasteiger charge is -2.33. The van der Waals surface area contributed by atoms with Crippen LogP contribution < -0.4 is 5.32 Å². The second kappa shape index (κ2) is 5.17. The normalized spacial score (nSPS) is 23.7. The first kappa shape index (κ1) is 13.6. The summed E-state index contributed by atoms with van der Waals surface area (Å²) in [5.74, 6) is 1.52. The Morgan fingerprint density at radius 3 is 2.42 bits per heavy atom. The average Bonchev–Trinajstić information content (AvgIpc) is 3.12. The number of nitrogens with one attached hydrogen (secondary N) is 1. The van der Waals surface area contributed by atoms with Crippen LogP contribution in [0.2, 0.25) is 0 Å². The van der Waals surface area contributed by atoms with Gasteiger partial charge in [0.25, 0.3) is 0 Å². The number of rotatable bonds is 4. The van der Waals surface area contributed by atoms with Gasteiger partial charge in [-0.25, -0.2) is 4.98 Å². The van der Waals surface area contributed by atoms with Crippen molar-refractivity contribution in [2.45, 2.75) is 70.8 Å². The maximum absolute atomic E-state index is 5.04. The molecule has 0 spiro atoms. The Labute approximate surface area is 121 Å². The molecular weight excluding hydrogens is 252 g/mol. The molecule has 19 heavy (non-hydrogen) atoms. The summed E-state index contributed by atoms with van der Waals surface area (Å²) >= 11 is 1.99. The third kappa shape index (κ3) is 3.03. The summed E-state index contributed by atoms with van der Waals surface area (Å²) < 4.78 is 0. The Balaban J connectivity index is 1.75. The summed E-state index contributed by atoms with van der Waals surface area (Å²) in [6, 6.07) is 0. The van der Waals surface area contributed by atoms with Gasteiger partial charge in [-0.2, -0.15) is 0 Å². The Morgan fingerprint density at radius 2 is 1.84 bits per heavy atom. The molecule has 0 saturated heterocycles. The Bertz CT molecular complexity index is 436. The fourth-order valence-electron chi connectivity index (χ4n) is 3.17. The summed E-state index contributed by atoms with van der Waals surface area (Å²) in [5.41, 5.74) is 1.99. The molecule has 0 atom stereocenters. The van der Waals surface area contributed by atoms with E-state index < -0.39 is 0 Å². The predicted octanol–water partition coefficient (Wildman–Crippen LogP) is 4.42. The minimum atomic E-state index is 0.556. The second-order valence-electron chi connectivity index (χ2n) is 7.10. The summed E-state index contributed by atoms with van der Waals surface area (Å²) in [6.45, 7) is 5.82. The van der Waals surface area contributed by atoms with Crippen LogP contribution in [0.25, 0.3) is 0 Å². The van der Waals surface area contributed by atoms with Crippen LogP contribution in [0, 0.1) is 5.41 Å². The van der Waals surface area contributed by atoms with Crippen molar-refractivity contribution < 1.29 is 0 Å². The van der Waals surface area contributed by atoms with E-state index in [4.69, 9.17) is 4.98 Å². The zero-order valence-electron chi connectivity index (χ0n) is 12.5. The molecule has 1 aromatic heterocycles. The average molecular weight is 278 g/mol. The van der Waals surface area contributed by atoms with Crippen molar-refractivity contribution in [3.05, 3.63) is 15.6 Å². The van der Waals surface area contributed by atoms with Gasteiger partial charge < -0.3 is 5.32 Å². The van der Waals surface area contributed by atoms with Crippen molar-refractivity contribution in [1.82, 2.24) is 10.3 Å². The molecule has 2 aliphatic carbocycles. The van der Waals surface area contributed by atoms with E-state index in [1.54, 1.807) is 0 Å². The predicted molar refractivity (Wildman–Crippen MR) is 81.8 cm³/mol. The molecule has 3 rings (SSSR count). The second-order valence-corrected chi connectivity index (χ2v) is 8.22. The van der Waals surface area contributed by atoms with Crippen LogP contribution >= 0.6 is 11.3 Å². The molecule has 1 heterocycles. The molecule has 0 unspecified atom stereocenters. The third-order valence-electron chi connectivity index (χ3n) is 4.73. The molecule has 2 nitrogen and oxygen atoms in total. The van der Waals surface area contributed by atoms with E-state index in [1.165, 1.54) is 54.1 Å². The highest BCUT2D eigenvalue weighted by molar-refractivity contribution is 7.11. The number of hydrogen-bond donors (Lipinski definition) is 1. The lowest BCUT2D eigenvalue weighted by molar-refractivity contribution is 0.224. The molecule has 1 N–H and O–H groups in total. The van der Waals surface area contributed by atoms with Crippen molar-refractivity contribution in [2.75, 3.05) is 7.05 Å². The van der Waals surface area contributed by atoms with Gasteiger partial charge in [-0.15, -0.1) is 11.3 Å². The zero-order chi connectivity index (χ0) is 13.5. The van der Waals surface area contributed by atoms with Crippen LogP contribution in [0.15, 0.2) is 0 Å². The van der Waals surface area contributed by atoms with E-state index >= 15 is 0 Å². The monoisotopic (exact) mass is 278 g/mol. The van der Waals surface area contributed by atoms with E-state index in [1.807, 2.05) is 18.4 Å². The van der Waals surface area contributed by atoms with Crippen molar-refractivity contribution >= 4 is 11.3 Å². The van der Waals surface area contributed by atoms with Crippen LogP contribution in [0.1, 0.15) is 79.8 Å². The summed E-state index contributed by atoms with van der Waals surface area (Å²) in [4.78, 5) is 6.55. The molecule has 0 bridgehead atoms. The van der Waals surface area contributed by atoms with Gasteiger partial charge >= 0.3 is 0 Å². The molecule has 106 valence electrons. The van der Waals surface area contributed by atoms with Crippen LogP contribution in [-0.2, 0) is 6.54 Å². The van der Waals surface area contributed by atoms with Crippen molar-refractivity contribution in [2.24, 2.45) is 5.41 Å². The highest BCUT2D eigenvalue weighted by Gasteiger charge is 2.33. The standard InChI is InChI=1S/C16H26N2S/c1-16(2)8-6-12(7-9-16)15-18-14(11-4-5-11)13(19-15)10-17-3/h11-12,17H,4-10H2,1-3H3. The summed E-state index contributed by atoms with van der Waals surface area (Å²) in [6.07, 6.45) is 8.11. The highest BCUT2D eigenvalue weighted by atomic mass is 32.1. The molecule has 3 heteroatoms. The molecule has 0 aliphatic heterocycles. The van der Waals surface area contributed by atoms with Gasteiger partial charge in [0.05, 0.1) is 10.7 Å². The number of thiazole rings is 1. The minimum Gasteiger partial charge on any atom is -0.315 e. The molecule has 2 aliphatic rings. The van der Waals surface area contributed by atoms with E-state index in [2.05, 4.69) is 19.2 Å². The topological polar surface area (TPSA) is 24.9 Å². The summed E-state index contributed by atoms with van der Waals surface area (Å²) in [5, 5.41) is 4.74. The largest absolute Gasteiger partial charge is 0.315 e. The van der Waals surface area contributed by atoms with Gasteiger partial charge in [0.2, 0.25) is 0 Å². The smallest absolute Gasteiger partial charge is 0.0962 e. The number of nitrogens with zero attached hydrogens (tertiary/aromatic N) is 1. The van der Waals surface area contributed by atoms with E-state index in [9.17, 15) is 0 Å². The van der Waals surface area contributed by atoms with E-state index in [-0.39, 0.29) is 0 Å². The maximum atomic E-state index is 5.04. The quantitative estimate of drug-likeness (QED) is 0.881. The third-order valence-corrected chi connectivity index (χ3v) is 5.97. The first-order valence-corrected chi connectivity index (χ1v) is 8.55. The molecule has 2 saturated carbocycles. The van der Waals surface area contributed by atoms with E-state index in [0.717, 1.165) is 18.4 Å². The number of hydrogen-bond acceptors (Lipinski definition) is 3. The Hall–Kier alpha value is -0.410. The van der Waals surface area contributed by atoms with Gasteiger partial charge in [0.15, 0.2) is 0 Å². The Kier molecular flexibility index (Phi) is 3.69. The van der Waals surface area contributed by atoms with Gasteiger partial charge in [-0.3, -0.25) is 0 Å². The van der Waals surface area contributed by atoms with E-state index in [0.29, 0.717) is 5.41 Å². The fourth-order valence-corrected chi connectivity index (χ4v) is 4.50. The van der Waals surface area contributed by atoms with Crippen LogP contribution in [0.3, 0.4) is 0 Å². The van der Waals surface area contributed by atoms with Crippen LogP contribution in [0.4, 0.5) is 0 Å². The first-order chi connectivity index (χ1) is 9.09. The minimum absolute atomic E-state index is 0.556. The molecule has 0 amide bonds. The molecule has 2 fully saturated rings. The van der Waals surface area contributed by atoms with Gasteiger partial charge in [0.1, 0.15) is 0 Å². The maximum Gasteiger partial charge on any atom is 0.0962 e. The van der Waals surface area contributed by atoms with Gasteiger partial charge in [-0.1, -0.05) is 13.8 Å². The lowest BCUT2D eigenvalue weighted by atomic mass is 9.73. The SMILES string of the molecule is CNCc1sc(C2CCC(C)(C)CC2)nc1C1CC1. The molecule has 0 aromatic carbocycles. The van der Waals surface area contributed by atoms with Gasteiger partial charge in [-0.05, 0) is 51.0 Å². The fraction of sp³-hybridized carbons (Fsp3) is 0.812. The lowest BCUT2D eigenvalue weighted by Crippen LogP contribution is -2.20. The summed E-state index contributed by atoms with van der Waals surface area (Å²) in [7, 11) is 2.04. The highest BCUT2D eigenvalue weighted by Crippen LogP contribution is 2.47. The van der Waals surface area contributed by atoms with Crippen molar-refractivity contribution in [1.29, 1.82) is 0 Å². The molecular formula is C16H26N2S.